The van der Waals surface area contributed by atoms with Gasteiger partial charge in [0, 0.05) is 66.7 Å². The van der Waals surface area contributed by atoms with E-state index in [1.165, 1.54) is 12.4 Å². The number of nitrogens with zero attached hydrogens (tertiary/aromatic N) is 2. The smallest absolute Gasteiger partial charge is 0.341 e. The summed E-state index contributed by atoms with van der Waals surface area (Å²) in [6.45, 7) is 16.4. The Morgan fingerprint density at radius 1 is 0.738 bits per heavy atom. The van der Waals surface area contributed by atoms with Crippen LogP contribution in [0.4, 0.5) is 8.78 Å². The molecule has 2 aliphatic rings. The summed E-state index contributed by atoms with van der Waals surface area (Å²) in [4.78, 5) is 34.0. The van der Waals surface area contributed by atoms with E-state index in [4.69, 9.17) is 9.47 Å². The molecule has 2 aliphatic heterocycles. The lowest BCUT2D eigenvalue weighted by molar-refractivity contribution is -0.00793. The molecule has 3 heterocycles. The molecule has 4 rings (SSSR count). The number of hydrogen-bond acceptors (Lipinski definition) is 8. The van der Waals surface area contributed by atoms with Gasteiger partial charge in [0.05, 0.1) is 11.1 Å². The molecule has 0 amide bonds. The first-order chi connectivity index (χ1) is 19.3. The molecule has 2 N–H and O–H groups in total. The zero-order chi connectivity index (χ0) is 31.1. The Kier molecular flexibility index (Phi) is 8.82. The van der Waals surface area contributed by atoms with Gasteiger partial charge in [0.25, 0.3) is 0 Å². The number of ether oxygens (including phenoxy) is 2. The van der Waals surface area contributed by atoms with E-state index in [1.54, 1.807) is 0 Å². The number of hydrogen-bond donors (Lipinski definition) is 2. The van der Waals surface area contributed by atoms with Gasteiger partial charge >= 0.3 is 11.9 Å². The van der Waals surface area contributed by atoms with Gasteiger partial charge in [-0.15, -0.1) is 0 Å². The van der Waals surface area contributed by atoms with E-state index >= 15 is 0 Å². The van der Waals surface area contributed by atoms with Crippen molar-refractivity contribution in [2.24, 2.45) is 0 Å². The lowest BCUT2D eigenvalue weighted by Gasteiger charge is -2.45. The number of aromatic nitrogens is 2. The van der Waals surface area contributed by atoms with E-state index in [0.29, 0.717) is 31.5 Å². The minimum atomic E-state index is -0.876. The lowest BCUT2D eigenvalue weighted by atomic mass is 9.81. The molecule has 1 aromatic heterocycles. The molecular weight excluding hydrogens is 542 g/mol. The normalized spacial score (nSPS) is 21.5. The van der Waals surface area contributed by atoms with Crippen LogP contribution in [0.25, 0.3) is 0 Å². The monoisotopic (exact) mass is 586 g/mol. The average Bonchev–Trinajstić information content (AvgIpc) is 2.80. The molecule has 2 fully saturated rings. The largest absolute Gasteiger partial charge is 0.459 e. The first kappa shape index (κ1) is 31.9. The summed E-state index contributed by atoms with van der Waals surface area (Å²) < 4.78 is 41.2. The highest BCUT2D eigenvalue weighted by Gasteiger charge is 2.40. The summed E-state index contributed by atoms with van der Waals surface area (Å²) in [5.41, 5.74) is -0.955. The van der Waals surface area contributed by atoms with Gasteiger partial charge < -0.3 is 20.1 Å². The van der Waals surface area contributed by atoms with Gasteiger partial charge in [-0.2, -0.15) is 0 Å². The average molecular weight is 587 g/mol. The second-order valence-corrected chi connectivity index (χ2v) is 14.5. The quantitative estimate of drug-likeness (QED) is 0.412. The number of rotatable bonds is 7. The van der Waals surface area contributed by atoms with Crippen LogP contribution in [0.15, 0.2) is 24.5 Å². The van der Waals surface area contributed by atoms with Gasteiger partial charge in [-0.3, -0.25) is 0 Å². The maximum absolute atomic E-state index is 14.9. The molecule has 8 nitrogen and oxygen atoms in total. The van der Waals surface area contributed by atoms with Crippen molar-refractivity contribution in [3.05, 3.63) is 58.7 Å². The van der Waals surface area contributed by atoms with Crippen LogP contribution in [0.2, 0.25) is 0 Å². The Labute approximate surface area is 247 Å². The summed E-state index contributed by atoms with van der Waals surface area (Å²) in [6, 6.07) is 1.92. The molecule has 0 spiro atoms. The van der Waals surface area contributed by atoms with Gasteiger partial charge in [0.1, 0.15) is 29.7 Å². The van der Waals surface area contributed by atoms with Crippen LogP contribution in [-0.2, 0) is 22.3 Å². The standard InChI is InChI=1S/C32H44F2N4O4/c1-29(2)13-21(14-30(3,4)37-29)41-27(39)20-17-35-26(36-18-20)10-9-19-11-25(34)23(12-24(19)33)28(40)42-22-15-31(5,6)38-32(7,8)16-22/h11-12,17-18,21-22,37-38H,9-10,13-16H2,1-8H3. The molecule has 0 atom stereocenters. The third kappa shape index (κ3) is 8.31. The number of nitrogens with one attached hydrogen (secondary N) is 2. The number of halogens is 2. The minimum absolute atomic E-state index is 0.0939. The van der Waals surface area contributed by atoms with E-state index < -0.39 is 35.2 Å². The lowest BCUT2D eigenvalue weighted by Crippen LogP contribution is -2.59. The van der Waals surface area contributed by atoms with Crippen molar-refractivity contribution in [3.63, 3.8) is 0 Å². The zero-order valence-electron chi connectivity index (χ0n) is 26.0. The Bertz CT molecular complexity index is 1290. The number of benzene rings is 1. The summed E-state index contributed by atoms with van der Waals surface area (Å²) in [7, 11) is 0. The first-order valence-corrected chi connectivity index (χ1v) is 14.6. The summed E-state index contributed by atoms with van der Waals surface area (Å²) in [5, 5.41) is 7.06. The molecular formula is C32H44F2N4O4. The van der Waals surface area contributed by atoms with Gasteiger partial charge in [-0.25, -0.2) is 28.3 Å². The molecule has 2 aromatic rings. The van der Waals surface area contributed by atoms with Crippen molar-refractivity contribution in [1.29, 1.82) is 0 Å². The Morgan fingerprint density at radius 2 is 1.19 bits per heavy atom. The van der Waals surface area contributed by atoms with Gasteiger partial charge in [0.15, 0.2) is 0 Å². The van der Waals surface area contributed by atoms with Crippen LogP contribution in [0, 0.1) is 11.6 Å². The molecule has 0 aliphatic carbocycles. The fourth-order valence-electron chi connectivity index (χ4n) is 6.83. The van der Waals surface area contributed by atoms with E-state index in [1.807, 2.05) is 27.7 Å². The van der Waals surface area contributed by atoms with Crippen molar-refractivity contribution in [2.45, 2.75) is 128 Å². The number of carbonyl (C=O) groups excluding carboxylic acids is 2. The van der Waals surface area contributed by atoms with Crippen LogP contribution >= 0.6 is 0 Å². The number of aryl methyl sites for hydroxylation is 2. The SMILES string of the molecule is CC1(C)CC(OC(=O)c2cnc(CCc3cc(F)c(C(=O)OC4CC(C)(C)NC(C)(C)C4)cc3F)nc2)CC(C)(C)N1. The van der Waals surface area contributed by atoms with Crippen molar-refractivity contribution >= 4 is 11.9 Å². The first-order valence-electron chi connectivity index (χ1n) is 14.6. The van der Waals surface area contributed by atoms with E-state index in [9.17, 15) is 18.4 Å². The van der Waals surface area contributed by atoms with Crippen LogP contribution in [-0.4, -0.2) is 56.3 Å². The van der Waals surface area contributed by atoms with Crippen LogP contribution < -0.4 is 10.6 Å². The van der Waals surface area contributed by atoms with Gasteiger partial charge in [-0.05, 0) is 79.5 Å². The third-order valence-electron chi connectivity index (χ3n) is 7.77. The van der Waals surface area contributed by atoms with Crippen LogP contribution in [0.5, 0.6) is 0 Å². The summed E-state index contributed by atoms with van der Waals surface area (Å²) in [5.74, 6) is -2.55. The molecule has 0 saturated carbocycles. The molecule has 0 bridgehead atoms. The Morgan fingerprint density at radius 3 is 1.67 bits per heavy atom. The maximum Gasteiger partial charge on any atom is 0.341 e. The summed E-state index contributed by atoms with van der Waals surface area (Å²) in [6.07, 6.45) is 4.96. The number of carbonyl (C=O) groups is 2. The molecule has 1 aromatic carbocycles. The van der Waals surface area contributed by atoms with E-state index in [-0.39, 0.29) is 52.2 Å². The highest BCUT2D eigenvalue weighted by Crippen LogP contribution is 2.32. The predicted octanol–water partition coefficient (Wildman–Crippen LogP) is 5.47. The predicted molar refractivity (Wildman–Crippen MR) is 155 cm³/mol. The minimum Gasteiger partial charge on any atom is -0.459 e. The van der Waals surface area contributed by atoms with Crippen molar-refractivity contribution in [2.75, 3.05) is 0 Å². The number of piperidine rings is 2. The molecule has 0 unspecified atom stereocenters. The van der Waals surface area contributed by atoms with Crippen molar-refractivity contribution in [1.82, 2.24) is 20.6 Å². The zero-order valence-corrected chi connectivity index (χ0v) is 26.0. The van der Waals surface area contributed by atoms with Gasteiger partial charge in [0.2, 0.25) is 0 Å². The molecule has 42 heavy (non-hydrogen) atoms. The van der Waals surface area contributed by atoms with Crippen molar-refractivity contribution < 1.29 is 27.8 Å². The van der Waals surface area contributed by atoms with Crippen LogP contribution in [0.1, 0.15) is 113 Å². The van der Waals surface area contributed by atoms with E-state index in [0.717, 1.165) is 12.1 Å². The topological polar surface area (TPSA) is 102 Å². The Hall–Kier alpha value is -2.98. The van der Waals surface area contributed by atoms with Crippen LogP contribution in [0.3, 0.4) is 0 Å². The van der Waals surface area contributed by atoms with Crippen molar-refractivity contribution in [3.8, 4) is 0 Å². The van der Waals surface area contributed by atoms with Gasteiger partial charge in [-0.1, -0.05) is 0 Å². The number of esters is 2. The molecule has 230 valence electrons. The second kappa shape index (κ2) is 11.6. The highest BCUT2D eigenvalue weighted by molar-refractivity contribution is 5.90. The van der Waals surface area contributed by atoms with E-state index in [2.05, 4.69) is 48.3 Å². The highest BCUT2D eigenvalue weighted by atomic mass is 19.1. The molecule has 2 saturated heterocycles. The third-order valence-corrected chi connectivity index (χ3v) is 7.77. The molecule has 10 heteroatoms. The maximum atomic E-state index is 14.9. The fraction of sp³-hybridized carbons (Fsp3) is 0.625. The fourth-order valence-corrected chi connectivity index (χ4v) is 6.83. The summed E-state index contributed by atoms with van der Waals surface area (Å²) >= 11 is 0. The second-order valence-electron chi connectivity index (χ2n) is 14.5. The Balaban J connectivity index is 1.34. The molecule has 0 radical (unpaired) electrons.